The quantitative estimate of drug-likeness (QED) is 0.461. The van der Waals surface area contributed by atoms with Crippen LogP contribution in [0.4, 0.5) is 0 Å². The maximum atomic E-state index is 12.6. The molecule has 8 heteroatoms. The molecular formula is C19H19N3O4S. The molecule has 2 aromatic heterocycles. The summed E-state index contributed by atoms with van der Waals surface area (Å²) in [5, 5.41) is 9.70. The Morgan fingerprint density at radius 3 is 2.52 bits per heavy atom. The fourth-order valence-corrected chi connectivity index (χ4v) is 3.65. The predicted octanol–water partition coefficient (Wildman–Crippen LogP) is 3.17. The third-order valence-electron chi connectivity index (χ3n) is 4.12. The smallest absolute Gasteiger partial charge is 0.339 e. The SMILES string of the molecule is COC(=O)c1c(C)[nH]c(C(=O)CSc2nc(C)c(C(C)=O)cc2C#N)c1C. The topological polar surface area (TPSA) is 113 Å². The van der Waals surface area contributed by atoms with Crippen molar-refractivity contribution < 1.29 is 19.1 Å². The number of hydrogen-bond donors (Lipinski definition) is 1. The Kier molecular flexibility index (Phi) is 6.18. The van der Waals surface area contributed by atoms with Gasteiger partial charge in [-0.1, -0.05) is 11.8 Å². The molecule has 0 aliphatic carbocycles. The summed E-state index contributed by atoms with van der Waals surface area (Å²) in [5.74, 6) is -0.870. The van der Waals surface area contributed by atoms with Crippen LogP contribution in [0.2, 0.25) is 0 Å². The van der Waals surface area contributed by atoms with Gasteiger partial charge in [0, 0.05) is 17.0 Å². The van der Waals surface area contributed by atoms with Crippen LogP contribution in [0.3, 0.4) is 0 Å². The van der Waals surface area contributed by atoms with Gasteiger partial charge in [-0.3, -0.25) is 9.59 Å². The molecule has 0 fully saturated rings. The van der Waals surface area contributed by atoms with Crippen molar-refractivity contribution in [2.75, 3.05) is 12.9 Å². The van der Waals surface area contributed by atoms with Crippen LogP contribution in [-0.2, 0) is 4.74 Å². The van der Waals surface area contributed by atoms with Gasteiger partial charge in [0.2, 0.25) is 0 Å². The lowest BCUT2D eigenvalue weighted by atomic mass is 10.1. The van der Waals surface area contributed by atoms with Gasteiger partial charge < -0.3 is 9.72 Å². The maximum Gasteiger partial charge on any atom is 0.339 e. The molecule has 0 radical (unpaired) electrons. The number of carbonyl (C=O) groups is 3. The molecular weight excluding hydrogens is 366 g/mol. The van der Waals surface area contributed by atoms with E-state index in [4.69, 9.17) is 4.74 Å². The summed E-state index contributed by atoms with van der Waals surface area (Å²) in [4.78, 5) is 43.3. The van der Waals surface area contributed by atoms with E-state index in [0.29, 0.717) is 38.8 Å². The van der Waals surface area contributed by atoms with Crippen LogP contribution in [0, 0.1) is 32.1 Å². The number of nitriles is 1. The van der Waals surface area contributed by atoms with Gasteiger partial charge in [-0.05, 0) is 39.3 Å². The molecule has 27 heavy (non-hydrogen) atoms. The van der Waals surface area contributed by atoms with Gasteiger partial charge in [0.1, 0.15) is 11.1 Å². The van der Waals surface area contributed by atoms with Crippen molar-refractivity contribution in [1.82, 2.24) is 9.97 Å². The molecule has 0 bridgehead atoms. The molecule has 1 N–H and O–H groups in total. The second kappa shape index (κ2) is 8.18. The predicted molar refractivity (Wildman–Crippen MR) is 100 cm³/mol. The van der Waals surface area contributed by atoms with Gasteiger partial charge in [0.15, 0.2) is 11.6 Å². The standard InChI is InChI=1S/C19H19N3O4S/c1-9-16(19(25)26-5)11(3)21-17(9)15(24)8-27-18-13(7-20)6-14(12(4)23)10(2)22-18/h6,21H,8H2,1-5H3. The molecule has 0 saturated heterocycles. The number of Topliss-reactive ketones (excluding diaryl/α,β-unsaturated/α-hetero) is 2. The van der Waals surface area contributed by atoms with Gasteiger partial charge >= 0.3 is 5.97 Å². The fourth-order valence-electron chi connectivity index (χ4n) is 2.77. The minimum Gasteiger partial charge on any atom is -0.465 e. The number of ketones is 2. The molecule has 0 saturated carbocycles. The first-order valence-electron chi connectivity index (χ1n) is 8.07. The van der Waals surface area contributed by atoms with Gasteiger partial charge in [-0.15, -0.1) is 0 Å². The van der Waals surface area contributed by atoms with Crippen molar-refractivity contribution in [1.29, 1.82) is 5.26 Å². The first kappa shape index (κ1) is 20.4. The van der Waals surface area contributed by atoms with Crippen LogP contribution in [0.15, 0.2) is 11.1 Å². The lowest BCUT2D eigenvalue weighted by Gasteiger charge is -2.07. The first-order chi connectivity index (χ1) is 12.7. The molecule has 0 atom stereocenters. The van der Waals surface area contributed by atoms with Crippen molar-refractivity contribution in [2.45, 2.75) is 32.7 Å². The van der Waals surface area contributed by atoms with Crippen LogP contribution in [-0.4, -0.2) is 40.4 Å². The van der Waals surface area contributed by atoms with E-state index in [-0.39, 0.29) is 22.9 Å². The Morgan fingerprint density at radius 1 is 1.30 bits per heavy atom. The van der Waals surface area contributed by atoms with E-state index in [1.54, 1.807) is 20.8 Å². The summed E-state index contributed by atoms with van der Waals surface area (Å²) in [6.07, 6.45) is 0. The Hall–Kier alpha value is -2.92. The number of aromatic amines is 1. The molecule has 2 aromatic rings. The normalized spacial score (nSPS) is 10.4. The number of carbonyl (C=O) groups excluding carboxylic acids is 3. The maximum absolute atomic E-state index is 12.6. The number of aromatic nitrogens is 2. The number of pyridine rings is 1. The Bertz CT molecular complexity index is 986. The molecule has 2 heterocycles. The van der Waals surface area contributed by atoms with Gasteiger partial charge in [-0.2, -0.15) is 5.26 Å². The zero-order valence-corrected chi connectivity index (χ0v) is 16.5. The third-order valence-corrected chi connectivity index (χ3v) is 5.11. The molecule has 0 aliphatic rings. The number of ether oxygens (including phenoxy) is 1. The van der Waals surface area contributed by atoms with E-state index in [1.807, 2.05) is 6.07 Å². The molecule has 2 rings (SSSR count). The Balaban J connectivity index is 2.27. The summed E-state index contributed by atoms with van der Waals surface area (Å²) in [6, 6.07) is 3.51. The van der Waals surface area contributed by atoms with E-state index >= 15 is 0 Å². The van der Waals surface area contributed by atoms with E-state index in [0.717, 1.165) is 11.8 Å². The number of H-pyrrole nitrogens is 1. The average Bonchev–Trinajstić information content (AvgIpc) is 2.93. The number of thioether (sulfide) groups is 1. The van der Waals surface area contributed by atoms with Crippen molar-refractivity contribution >= 4 is 29.3 Å². The summed E-state index contributed by atoms with van der Waals surface area (Å²) in [6.45, 7) is 6.47. The lowest BCUT2D eigenvalue weighted by Crippen LogP contribution is -2.08. The fraction of sp³-hybridized carbons (Fsp3) is 0.316. The molecule has 0 aliphatic heterocycles. The molecule has 0 aromatic carbocycles. The number of methoxy groups -OCH3 is 1. The average molecular weight is 385 g/mol. The number of rotatable bonds is 6. The van der Waals surface area contributed by atoms with Crippen LogP contribution < -0.4 is 0 Å². The van der Waals surface area contributed by atoms with Crippen molar-refractivity contribution in [3.63, 3.8) is 0 Å². The summed E-state index contributed by atoms with van der Waals surface area (Å²) in [5.41, 5.74) is 2.92. The zero-order chi connectivity index (χ0) is 20.3. The summed E-state index contributed by atoms with van der Waals surface area (Å²) >= 11 is 1.12. The van der Waals surface area contributed by atoms with E-state index < -0.39 is 5.97 Å². The lowest BCUT2D eigenvalue weighted by molar-refractivity contribution is 0.0599. The number of esters is 1. The Morgan fingerprint density at radius 2 is 1.96 bits per heavy atom. The minimum atomic E-state index is -0.503. The number of aryl methyl sites for hydroxylation is 2. The third kappa shape index (κ3) is 4.09. The zero-order valence-electron chi connectivity index (χ0n) is 15.7. The highest BCUT2D eigenvalue weighted by Gasteiger charge is 2.23. The van der Waals surface area contributed by atoms with Crippen molar-refractivity contribution in [2.24, 2.45) is 0 Å². The number of nitrogens with one attached hydrogen (secondary N) is 1. The molecule has 0 spiro atoms. The molecule has 7 nitrogen and oxygen atoms in total. The number of hydrogen-bond acceptors (Lipinski definition) is 7. The monoisotopic (exact) mass is 385 g/mol. The van der Waals surface area contributed by atoms with Crippen molar-refractivity contribution in [3.8, 4) is 6.07 Å². The van der Waals surface area contributed by atoms with E-state index in [2.05, 4.69) is 9.97 Å². The number of nitrogens with zero attached hydrogens (tertiary/aromatic N) is 2. The molecule has 140 valence electrons. The minimum absolute atomic E-state index is 0.0297. The summed E-state index contributed by atoms with van der Waals surface area (Å²) in [7, 11) is 1.29. The van der Waals surface area contributed by atoms with Crippen molar-refractivity contribution in [3.05, 3.63) is 45.4 Å². The second-order valence-electron chi connectivity index (χ2n) is 5.97. The highest BCUT2D eigenvalue weighted by Crippen LogP contribution is 2.26. The highest BCUT2D eigenvalue weighted by atomic mass is 32.2. The largest absolute Gasteiger partial charge is 0.465 e. The Labute approximate surface area is 161 Å². The highest BCUT2D eigenvalue weighted by molar-refractivity contribution is 8.00. The first-order valence-corrected chi connectivity index (χ1v) is 9.05. The molecule has 0 unspecified atom stereocenters. The molecule has 0 amide bonds. The van der Waals surface area contributed by atoms with Crippen LogP contribution in [0.1, 0.15) is 60.6 Å². The van der Waals surface area contributed by atoms with Crippen LogP contribution >= 0.6 is 11.8 Å². The van der Waals surface area contributed by atoms with Gasteiger partial charge in [0.05, 0.1) is 29.7 Å². The summed E-state index contributed by atoms with van der Waals surface area (Å²) < 4.78 is 4.75. The van der Waals surface area contributed by atoms with Gasteiger partial charge in [-0.25, -0.2) is 9.78 Å². The van der Waals surface area contributed by atoms with E-state index in [9.17, 15) is 19.6 Å². The van der Waals surface area contributed by atoms with Crippen LogP contribution in [0.5, 0.6) is 0 Å². The van der Waals surface area contributed by atoms with Gasteiger partial charge in [0.25, 0.3) is 0 Å². The van der Waals surface area contributed by atoms with E-state index in [1.165, 1.54) is 20.1 Å². The van der Waals surface area contributed by atoms with Crippen LogP contribution in [0.25, 0.3) is 0 Å². The second-order valence-corrected chi connectivity index (χ2v) is 6.93.